The standard InChI is InChI=1S/C14H9BrF3NO2/c15-9-6-10(8-4-2-1-3-5-8)12(20)11(7-9)13(21)19-14(16,17)18/h1-7,20H,(H,19,21). The molecule has 2 N–H and O–H groups in total. The van der Waals surface area contributed by atoms with Gasteiger partial charge in [-0.05, 0) is 17.7 Å². The van der Waals surface area contributed by atoms with Crippen molar-refractivity contribution in [1.82, 2.24) is 5.32 Å². The monoisotopic (exact) mass is 359 g/mol. The van der Waals surface area contributed by atoms with E-state index in [1.807, 2.05) is 0 Å². The zero-order valence-electron chi connectivity index (χ0n) is 10.4. The lowest BCUT2D eigenvalue weighted by atomic mass is 10.0. The molecular formula is C14H9BrF3NO2. The third-order valence-corrected chi connectivity index (χ3v) is 3.12. The lowest BCUT2D eigenvalue weighted by Crippen LogP contribution is -2.37. The Hall–Kier alpha value is -2.02. The molecule has 0 radical (unpaired) electrons. The second kappa shape index (κ2) is 5.77. The maximum atomic E-state index is 12.2. The van der Waals surface area contributed by atoms with Crippen LogP contribution in [-0.4, -0.2) is 17.3 Å². The van der Waals surface area contributed by atoms with Crippen molar-refractivity contribution in [3.05, 3.63) is 52.5 Å². The highest BCUT2D eigenvalue weighted by Crippen LogP contribution is 2.35. The number of carbonyl (C=O) groups is 1. The molecule has 0 aromatic heterocycles. The summed E-state index contributed by atoms with van der Waals surface area (Å²) >= 11 is 3.12. The van der Waals surface area contributed by atoms with E-state index in [1.165, 1.54) is 6.07 Å². The molecule has 1 amide bonds. The summed E-state index contributed by atoms with van der Waals surface area (Å²) in [6.45, 7) is 0. The Morgan fingerprint density at radius 2 is 1.76 bits per heavy atom. The molecule has 0 aliphatic heterocycles. The first-order valence-corrected chi connectivity index (χ1v) is 6.54. The molecule has 0 unspecified atom stereocenters. The maximum absolute atomic E-state index is 12.2. The third kappa shape index (κ3) is 3.75. The van der Waals surface area contributed by atoms with E-state index in [4.69, 9.17) is 0 Å². The first kappa shape index (κ1) is 15.4. The third-order valence-electron chi connectivity index (χ3n) is 2.66. The van der Waals surface area contributed by atoms with Gasteiger partial charge in [-0.25, -0.2) is 0 Å². The molecule has 7 heteroatoms. The van der Waals surface area contributed by atoms with Gasteiger partial charge < -0.3 is 5.11 Å². The summed E-state index contributed by atoms with van der Waals surface area (Å²) in [7, 11) is 0. The van der Waals surface area contributed by atoms with Gasteiger partial charge in [-0.1, -0.05) is 46.3 Å². The van der Waals surface area contributed by atoms with Crippen molar-refractivity contribution < 1.29 is 23.1 Å². The van der Waals surface area contributed by atoms with Crippen molar-refractivity contribution in [3.63, 3.8) is 0 Å². The molecule has 21 heavy (non-hydrogen) atoms. The van der Waals surface area contributed by atoms with Crippen molar-refractivity contribution in [1.29, 1.82) is 0 Å². The molecular weight excluding hydrogens is 351 g/mol. The SMILES string of the molecule is O=C(NC(F)(F)F)c1cc(Br)cc(-c2ccccc2)c1O. The van der Waals surface area contributed by atoms with E-state index in [9.17, 15) is 23.1 Å². The van der Waals surface area contributed by atoms with Crippen molar-refractivity contribution in [3.8, 4) is 16.9 Å². The van der Waals surface area contributed by atoms with E-state index in [0.29, 0.717) is 10.0 Å². The number of aromatic hydroxyl groups is 1. The fourth-order valence-corrected chi connectivity index (χ4v) is 2.26. The summed E-state index contributed by atoms with van der Waals surface area (Å²) in [5, 5.41) is 10.9. The van der Waals surface area contributed by atoms with Crippen LogP contribution >= 0.6 is 15.9 Å². The molecule has 3 nitrogen and oxygen atoms in total. The minimum Gasteiger partial charge on any atom is -0.506 e. The Labute approximate surface area is 126 Å². The van der Waals surface area contributed by atoms with Gasteiger partial charge in [0.05, 0.1) is 5.56 Å². The zero-order chi connectivity index (χ0) is 15.6. The van der Waals surface area contributed by atoms with E-state index in [2.05, 4.69) is 15.9 Å². The highest BCUT2D eigenvalue weighted by atomic mass is 79.9. The van der Waals surface area contributed by atoms with Gasteiger partial charge in [0.25, 0.3) is 5.91 Å². The Kier molecular flexibility index (Phi) is 4.22. The Morgan fingerprint density at radius 3 is 2.33 bits per heavy atom. The van der Waals surface area contributed by atoms with Crippen LogP contribution in [0.1, 0.15) is 10.4 Å². The molecule has 0 aliphatic rings. The van der Waals surface area contributed by atoms with Crippen LogP contribution in [0.3, 0.4) is 0 Å². The van der Waals surface area contributed by atoms with Crippen molar-refractivity contribution in [2.45, 2.75) is 6.30 Å². The molecule has 2 aromatic rings. The Morgan fingerprint density at radius 1 is 1.14 bits per heavy atom. The largest absolute Gasteiger partial charge is 0.506 e. The summed E-state index contributed by atoms with van der Waals surface area (Å²) in [4.78, 5) is 11.6. The first-order valence-electron chi connectivity index (χ1n) is 5.75. The minimum atomic E-state index is -4.86. The van der Waals surface area contributed by atoms with Gasteiger partial charge in [0.15, 0.2) is 0 Å². The second-order valence-corrected chi connectivity index (χ2v) is 5.08. The van der Waals surface area contributed by atoms with Gasteiger partial charge in [0, 0.05) is 10.0 Å². The minimum absolute atomic E-state index is 0.261. The lowest BCUT2D eigenvalue weighted by Gasteiger charge is -2.13. The molecule has 0 bridgehead atoms. The summed E-state index contributed by atoms with van der Waals surface area (Å²) < 4.78 is 37.0. The van der Waals surface area contributed by atoms with Gasteiger partial charge in [-0.15, -0.1) is 0 Å². The maximum Gasteiger partial charge on any atom is 0.484 e. The summed E-state index contributed by atoms with van der Waals surface area (Å²) in [5.74, 6) is -1.93. The number of alkyl halides is 3. The predicted molar refractivity (Wildman–Crippen MR) is 74.8 cm³/mol. The van der Waals surface area contributed by atoms with Gasteiger partial charge in [-0.3, -0.25) is 10.1 Å². The summed E-state index contributed by atoms with van der Waals surface area (Å²) in [6, 6.07) is 11.2. The summed E-state index contributed by atoms with van der Waals surface area (Å²) in [5.41, 5.74) is 0.384. The van der Waals surface area contributed by atoms with E-state index in [1.54, 1.807) is 30.3 Å². The van der Waals surface area contributed by atoms with Crippen molar-refractivity contribution in [2.24, 2.45) is 0 Å². The molecule has 0 fully saturated rings. The number of nitrogens with one attached hydrogen (secondary N) is 1. The molecule has 0 atom stereocenters. The second-order valence-electron chi connectivity index (χ2n) is 4.17. The number of amides is 1. The fraction of sp³-hybridized carbons (Fsp3) is 0.0714. The Balaban J connectivity index is 2.50. The highest BCUT2D eigenvalue weighted by Gasteiger charge is 2.32. The van der Waals surface area contributed by atoms with Gasteiger partial charge in [-0.2, -0.15) is 13.2 Å². The molecule has 2 aromatic carbocycles. The van der Waals surface area contributed by atoms with E-state index >= 15 is 0 Å². The number of benzene rings is 2. The van der Waals surface area contributed by atoms with Crippen LogP contribution in [0.5, 0.6) is 5.75 Å². The number of phenolic OH excluding ortho intramolecular Hbond substituents is 1. The molecule has 110 valence electrons. The van der Waals surface area contributed by atoms with Gasteiger partial charge in [0.1, 0.15) is 5.75 Å². The fourth-order valence-electron chi connectivity index (χ4n) is 1.81. The van der Waals surface area contributed by atoms with Crippen LogP contribution in [0.25, 0.3) is 11.1 Å². The quantitative estimate of drug-likeness (QED) is 0.794. The van der Waals surface area contributed by atoms with Crippen LogP contribution < -0.4 is 5.32 Å². The predicted octanol–water partition coefficient (Wildman–Crippen LogP) is 4.07. The van der Waals surface area contributed by atoms with Crippen LogP contribution in [-0.2, 0) is 0 Å². The van der Waals surface area contributed by atoms with E-state index in [-0.39, 0.29) is 5.56 Å². The van der Waals surface area contributed by atoms with E-state index in [0.717, 1.165) is 11.4 Å². The van der Waals surface area contributed by atoms with Crippen molar-refractivity contribution >= 4 is 21.8 Å². The van der Waals surface area contributed by atoms with E-state index < -0.39 is 23.5 Å². The normalized spacial score (nSPS) is 11.2. The number of phenols is 1. The van der Waals surface area contributed by atoms with Crippen LogP contribution in [0.15, 0.2) is 46.9 Å². The number of rotatable bonds is 2. The van der Waals surface area contributed by atoms with Crippen LogP contribution in [0, 0.1) is 0 Å². The number of hydrogen-bond acceptors (Lipinski definition) is 2. The Bertz CT molecular complexity index is 672. The number of hydrogen-bond donors (Lipinski definition) is 2. The van der Waals surface area contributed by atoms with Gasteiger partial charge in [0.2, 0.25) is 0 Å². The number of carbonyl (C=O) groups excluding carboxylic acids is 1. The number of halogens is 4. The average Bonchev–Trinajstić information content (AvgIpc) is 2.40. The zero-order valence-corrected chi connectivity index (χ0v) is 12.0. The topological polar surface area (TPSA) is 49.3 Å². The molecule has 0 aliphatic carbocycles. The highest BCUT2D eigenvalue weighted by molar-refractivity contribution is 9.10. The summed E-state index contributed by atoms with van der Waals surface area (Å²) in [6.07, 6.45) is -4.86. The average molecular weight is 360 g/mol. The van der Waals surface area contributed by atoms with Gasteiger partial charge >= 0.3 is 6.30 Å². The molecule has 0 spiro atoms. The van der Waals surface area contributed by atoms with Crippen LogP contribution in [0.4, 0.5) is 13.2 Å². The van der Waals surface area contributed by atoms with Crippen molar-refractivity contribution in [2.75, 3.05) is 0 Å². The van der Waals surface area contributed by atoms with Crippen LogP contribution in [0.2, 0.25) is 0 Å². The molecule has 0 heterocycles. The molecule has 0 saturated carbocycles. The molecule has 2 rings (SSSR count). The molecule has 0 saturated heterocycles. The smallest absolute Gasteiger partial charge is 0.484 e. The first-order chi connectivity index (χ1) is 9.78. The lowest BCUT2D eigenvalue weighted by molar-refractivity contribution is -0.146.